The van der Waals surface area contributed by atoms with Crippen LogP contribution in [0, 0.1) is 11.6 Å². The quantitative estimate of drug-likeness (QED) is 0.101. The highest BCUT2D eigenvalue weighted by Crippen LogP contribution is 2.45. The predicted octanol–water partition coefficient (Wildman–Crippen LogP) is 5.91. The number of nitrogens with zero attached hydrogens (tertiary/aromatic N) is 5. The van der Waals surface area contributed by atoms with E-state index in [4.69, 9.17) is 16.6 Å². The van der Waals surface area contributed by atoms with E-state index in [2.05, 4.69) is 30.9 Å². The number of pyridine rings is 1. The summed E-state index contributed by atoms with van der Waals surface area (Å²) in [6.45, 7) is -1.06. The van der Waals surface area contributed by atoms with Crippen molar-refractivity contribution in [3.63, 3.8) is 0 Å². The van der Waals surface area contributed by atoms with E-state index in [1.807, 2.05) is 0 Å². The van der Waals surface area contributed by atoms with Crippen LogP contribution < -0.4 is 20.7 Å². The fraction of sp³-hybridized carbons (Fsp3) is 0.303. The second-order valence-electron chi connectivity index (χ2n) is 12.5. The molecular formula is C33H28ClF6N9O3S. The SMILES string of the molecule is Cn1nc(N[S+](C)[O-])c2c(Cl)ccc(-c3cc4c(nc3C(Cc3cc(F)cc(F)c3)NC(=O)Cn3nc(C(F)F)c5c3C(F)(F)CC5)NCC(=O)N4)c21. The molecule has 2 unspecified atom stereocenters. The van der Waals surface area contributed by atoms with E-state index in [1.165, 1.54) is 10.9 Å². The van der Waals surface area contributed by atoms with Crippen molar-refractivity contribution in [2.75, 3.05) is 28.2 Å². The third-order valence-corrected chi connectivity index (χ3v) is 9.65. The second-order valence-corrected chi connectivity index (χ2v) is 14.1. The lowest BCUT2D eigenvalue weighted by atomic mass is 9.93. The summed E-state index contributed by atoms with van der Waals surface area (Å²) in [4.78, 5) is 30.9. The van der Waals surface area contributed by atoms with Gasteiger partial charge in [-0.2, -0.15) is 23.7 Å². The van der Waals surface area contributed by atoms with Crippen molar-refractivity contribution in [3.05, 3.63) is 81.3 Å². The molecule has 1 aliphatic heterocycles. The molecule has 0 radical (unpaired) electrons. The Labute approximate surface area is 304 Å². The van der Waals surface area contributed by atoms with Crippen LogP contribution in [0.4, 0.5) is 43.7 Å². The summed E-state index contributed by atoms with van der Waals surface area (Å²) < 4.78 is 103. The molecule has 2 atom stereocenters. The molecule has 0 saturated heterocycles. The minimum atomic E-state index is -3.52. The number of amides is 2. The summed E-state index contributed by atoms with van der Waals surface area (Å²) >= 11 is 5.06. The molecule has 1 aliphatic carbocycles. The van der Waals surface area contributed by atoms with Crippen molar-refractivity contribution in [1.29, 1.82) is 0 Å². The number of halogens is 7. The van der Waals surface area contributed by atoms with Crippen molar-refractivity contribution < 1.29 is 40.5 Å². The molecule has 278 valence electrons. The lowest BCUT2D eigenvalue weighted by Crippen LogP contribution is -2.35. The highest BCUT2D eigenvalue weighted by molar-refractivity contribution is 7.92. The first-order valence-corrected chi connectivity index (χ1v) is 17.9. The zero-order valence-corrected chi connectivity index (χ0v) is 29.2. The van der Waals surface area contributed by atoms with Crippen LogP contribution in [-0.2, 0) is 53.3 Å². The van der Waals surface area contributed by atoms with Gasteiger partial charge in [0, 0.05) is 36.2 Å². The Morgan fingerprint density at radius 1 is 1.11 bits per heavy atom. The van der Waals surface area contributed by atoms with Crippen molar-refractivity contribution in [3.8, 4) is 11.1 Å². The molecule has 0 saturated carbocycles. The van der Waals surface area contributed by atoms with Crippen LogP contribution in [0.1, 0.15) is 47.1 Å². The number of carbonyl (C=O) groups excluding carboxylic acids is 2. The molecule has 2 aromatic carbocycles. The van der Waals surface area contributed by atoms with Gasteiger partial charge in [0.05, 0.1) is 51.3 Å². The van der Waals surface area contributed by atoms with E-state index in [-0.39, 0.29) is 70.0 Å². The molecule has 12 nitrogen and oxygen atoms in total. The molecule has 5 aromatic rings. The number of benzene rings is 2. The number of anilines is 3. The summed E-state index contributed by atoms with van der Waals surface area (Å²) in [7, 11) is 1.60. The minimum Gasteiger partial charge on any atom is -0.593 e. The first-order valence-electron chi connectivity index (χ1n) is 15.9. The van der Waals surface area contributed by atoms with E-state index < -0.39 is 71.6 Å². The molecule has 2 aliphatic rings. The number of rotatable bonds is 10. The normalized spacial score (nSPS) is 15.9. The highest BCUT2D eigenvalue weighted by atomic mass is 35.5. The number of hydrogen-bond donors (Lipinski definition) is 4. The van der Waals surface area contributed by atoms with E-state index >= 15 is 0 Å². The Bertz CT molecular complexity index is 2280. The van der Waals surface area contributed by atoms with Gasteiger partial charge in [-0.3, -0.25) is 19.0 Å². The van der Waals surface area contributed by atoms with Gasteiger partial charge in [0.25, 0.3) is 12.3 Å². The fourth-order valence-electron chi connectivity index (χ4n) is 6.82. The summed E-state index contributed by atoms with van der Waals surface area (Å²) in [6, 6.07) is 6.20. The van der Waals surface area contributed by atoms with Gasteiger partial charge in [-0.25, -0.2) is 22.5 Å². The highest BCUT2D eigenvalue weighted by Gasteiger charge is 2.46. The number of aromatic nitrogens is 5. The standard InChI is InChI=1S/C33H28ClF6N9O3S/c1-48-28-17(3-4-20(34)25(28)32(46-48)47-53(2)52)19-11-22-31(41-12-23(50)43-22)44-26(19)21(9-14-7-15(35)10-16(36)8-14)42-24(51)13-49-29-18(5-6-33(29,39)40)27(45-49)30(37)38/h3-4,7-8,10-11,21,30H,5-6,9,12-13H2,1-2H3,(H,41,44)(H,42,51)(H,43,50)(H,46,47). The first kappa shape index (κ1) is 36.4. The van der Waals surface area contributed by atoms with Gasteiger partial charge in [0.2, 0.25) is 17.6 Å². The number of alkyl halides is 4. The van der Waals surface area contributed by atoms with Crippen molar-refractivity contribution >= 4 is 63.0 Å². The topological polar surface area (TPSA) is 154 Å². The van der Waals surface area contributed by atoms with Crippen molar-refractivity contribution in [2.45, 2.75) is 44.2 Å². The van der Waals surface area contributed by atoms with Crippen LogP contribution in [0.3, 0.4) is 0 Å². The lowest BCUT2D eigenvalue weighted by Gasteiger charge is -2.26. The average molecular weight is 780 g/mol. The van der Waals surface area contributed by atoms with Gasteiger partial charge in [-0.15, -0.1) is 0 Å². The number of fused-ring (bicyclic) bond motifs is 3. The van der Waals surface area contributed by atoms with Crippen LogP contribution in [0.15, 0.2) is 36.4 Å². The number of nitrogens with one attached hydrogen (secondary N) is 4. The third kappa shape index (κ3) is 6.95. The molecule has 7 rings (SSSR count). The Kier molecular flexibility index (Phi) is 9.44. The van der Waals surface area contributed by atoms with Gasteiger partial charge < -0.3 is 20.5 Å². The molecule has 4 heterocycles. The van der Waals surface area contributed by atoms with E-state index in [9.17, 15) is 40.5 Å². The van der Waals surface area contributed by atoms with Gasteiger partial charge in [0.15, 0.2) is 5.82 Å². The first-order chi connectivity index (χ1) is 25.1. The maximum atomic E-state index is 14.9. The van der Waals surface area contributed by atoms with Gasteiger partial charge in [0.1, 0.15) is 35.8 Å². The molecule has 53 heavy (non-hydrogen) atoms. The number of carbonyl (C=O) groups is 2. The Hall–Kier alpha value is -5.01. The maximum absolute atomic E-state index is 14.9. The molecule has 4 N–H and O–H groups in total. The number of aryl methyl sites for hydroxylation is 1. The zero-order chi connectivity index (χ0) is 37.9. The Morgan fingerprint density at radius 2 is 1.85 bits per heavy atom. The molecule has 0 bridgehead atoms. The molecule has 0 fully saturated rings. The summed E-state index contributed by atoms with van der Waals surface area (Å²) in [5, 5.41) is 17.0. The van der Waals surface area contributed by atoms with E-state index in [0.29, 0.717) is 27.2 Å². The van der Waals surface area contributed by atoms with Gasteiger partial charge in [-0.05, 0) is 42.7 Å². The molecule has 0 spiro atoms. The third-order valence-electron chi connectivity index (χ3n) is 8.86. The molecule has 20 heteroatoms. The van der Waals surface area contributed by atoms with Crippen LogP contribution >= 0.6 is 11.6 Å². The van der Waals surface area contributed by atoms with Crippen LogP contribution in [0.5, 0.6) is 0 Å². The number of hydrogen-bond acceptors (Lipinski definition) is 8. The average Bonchev–Trinajstić information content (AvgIpc) is 3.71. The largest absolute Gasteiger partial charge is 0.593 e. The summed E-state index contributed by atoms with van der Waals surface area (Å²) in [6.07, 6.45) is -3.14. The Balaban J connectivity index is 1.38. The summed E-state index contributed by atoms with van der Waals surface area (Å²) in [5.41, 5.74) is -0.458. The molecular weight excluding hydrogens is 752 g/mol. The van der Waals surface area contributed by atoms with Gasteiger partial charge in [-0.1, -0.05) is 17.7 Å². The van der Waals surface area contributed by atoms with Gasteiger partial charge >= 0.3 is 0 Å². The van der Waals surface area contributed by atoms with Crippen LogP contribution in [0.2, 0.25) is 5.02 Å². The Morgan fingerprint density at radius 3 is 2.55 bits per heavy atom. The minimum absolute atomic E-state index is 0.0738. The monoisotopic (exact) mass is 779 g/mol. The predicted molar refractivity (Wildman–Crippen MR) is 184 cm³/mol. The van der Waals surface area contributed by atoms with E-state index in [0.717, 1.165) is 12.1 Å². The fourth-order valence-corrected chi connectivity index (χ4v) is 7.48. The van der Waals surface area contributed by atoms with Crippen molar-refractivity contribution in [2.24, 2.45) is 7.05 Å². The van der Waals surface area contributed by atoms with E-state index in [1.54, 1.807) is 25.2 Å². The molecule has 3 aromatic heterocycles. The summed E-state index contributed by atoms with van der Waals surface area (Å²) in [5.74, 6) is -6.31. The molecule has 2 amide bonds. The van der Waals surface area contributed by atoms with Crippen molar-refractivity contribution in [1.82, 2.24) is 29.9 Å². The lowest BCUT2D eigenvalue weighted by molar-refractivity contribution is -0.123. The zero-order valence-electron chi connectivity index (χ0n) is 27.7. The second kappa shape index (κ2) is 13.8. The maximum Gasteiger partial charge on any atom is 0.290 e. The van der Waals surface area contributed by atoms with Crippen LogP contribution in [0.25, 0.3) is 22.0 Å². The van der Waals surface area contributed by atoms with Crippen LogP contribution in [-0.4, -0.2) is 53.7 Å². The smallest absolute Gasteiger partial charge is 0.290 e.